The molecule has 0 aliphatic heterocycles. The zero-order valence-electron chi connectivity index (χ0n) is 13.4. The molecular formula is C19H22N2O2. The number of rotatable bonds is 7. The maximum absolute atomic E-state index is 12.0. The van der Waals surface area contributed by atoms with Crippen LogP contribution < -0.4 is 10.1 Å². The minimum Gasteiger partial charge on any atom is -0.497 e. The molecule has 1 aliphatic rings. The number of nitrogens with one attached hydrogen (secondary N) is 1. The van der Waals surface area contributed by atoms with E-state index >= 15 is 0 Å². The van der Waals surface area contributed by atoms with Gasteiger partial charge in [-0.15, -0.1) is 0 Å². The van der Waals surface area contributed by atoms with Crippen LogP contribution in [0.2, 0.25) is 0 Å². The number of pyridine rings is 1. The minimum absolute atomic E-state index is 0.190. The Kier molecular flexibility index (Phi) is 4.91. The van der Waals surface area contributed by atoms with Crippen molar-refractivity contribution in [3.8, 4) is 5.75 Å². The normalized spacial score (nSPS) is 15.0. The van der Waals surface area contributed by atoms with Gasteiger partial charge in [-0.1, -0.05) is 18.2 Å². The number of ether oxygens (including phenoxy) is 1. The van der Waals surface area contributed by atoms with E-state index in [1.54, 1.807) is 13.3 Å². The Morgan fingerprint density at radius 3 is 2.70 bits per heavy atom. The fourth-order valence-corrected chi connectivity index (χ4v) is 2.70. The molecule has 4 heteroatoms. The average Bonchev–Trinajstić information content (AvgIpc) is 3.44. The Labute approximate surface area is 136 Å². The SMILES string of the molecule is COc1ccc(C(CNC(=O)C2CC2)Cc2cccnc2)cc1. The first kappa shape index (κ1) is 15.5. The summed E-state index contributed by atoms with van der Waals surface area (Å²) in [4.78, 5) is 16.1. The summed E-state index contributed by atoms with van der Waals surface area (Å²) in [6.07, 6.45) is 6.58. The molecule has 1 aromatic carbocycles. The quantitative estimate of drug-likeness (QED) is 0.855. The largest absolute Gasteiger partial charge is 0.497 e. The number of benzene rings is 1. The van der Waals surface area contributed by atoms with Gasteiger partial charge in [-0.3, -0.25) is 9.78 Å². The number of carbonyl (C=O) groups is 1. The molecule has 0 spiro atoms. The smallest absolute Gasteiger partial charge is 0.223 e. The van der Waals surface area contributed by atoms with E-state index < -0.39 is 0 Å². The van der Waals surface area contributed by atoms with E-state index in [1.165, 1.54) is 11.1 Å². The number of hydrogen-bond acceptors (Lipinski definition) is 3. The second-order valence-corrected chi connectivity index (χ2v) is 6.05. The van der Waals surface area contributed by atoms with Crippen molar-refractivity contribution < 1.29 is 9.53 Å². The van der Waals surface area contributed by atoms with Crippen molar-refractivity contribution in [1.29, 1.82) is 0 Å². The van der Waals surface area contributed by atoms with Crippen molar-refractivity contribution in [2.24, 2.45) is 5.92 Å². The van der Waals surface area contributed by atoms with Gasteiger partial charge in [0, 0.05) is 30.8 Å². The molecule has 0 saturated heterocycles. The van der Waals surface area contributed by atoms with Gasteiger partial charge < -0.3 is 10.1 Å². The fraction of sp³-hybridized carbons (Fsp3) is 0.368. The summed E-state index contributed by atoms with van der Waals surface area (Å²) < 4.78 is 5.23. The topological polar surface area (TPSA) is 51.2 Å². The van der Waals surface area contributed by atoms with Gasteiger partial charge in [0.05, 0.1) is 7.11 Å². The van der Waals surface area contributed by atoms with Crippen molar-refractivity contribution in [2.75, 3.05) is 13.7 Å². The highest BCUT2D eigenvalue weighted by Crippen LogP contribution is 2.29. The first-order valence-corrected chi connectivity index (χ1v) is 8.07. The number of aromatic nitrogens is 1. The third-order valence-corrected chi connectivity index (χ3v) is 4.26. The highest BCUT2D eigenvalue weighted by molar-refractivity contribution is 5.80. The summed E-state index contributed by atoms with van der Waals surface area (Å²) in [6, 6.07) is 12.1. The summed E-state index contributed by atoms with van der Waals surface area (Å²) in [5, 5.41) is 3.10. The number of hydrogen-bond donors (Lipinski definition) is 1. The summed E-state index contributed by atoms with van der Waals surface area (Å²) >= 11 is 0. The molecule has 0 radical (unpaired) electrons. The van der Waals surface area contributed by atoms with Crippen molar-refractivity contribution in [1.82, 2.24) is 10.3 Å². The number of carbonyl (C=O) groups excluding carboxylic acids is 1. The first-order valence-electron chi connectivity index (χ1n) is 8.07. The zero-order valence-corrected chi connectivity index (χ0v) is 13.4. The second kappa shape index (κ2) is 7.27. The summed E-state index contributed by atoms with van der Waals surface area (Å²) in [5.41, 5.74) is 2.37. The van der Waals surface area contributed by atoms with Crippen LogP contribution >= 0.6 is 0 Å². The highest BCUT2D eigenvalue weighted by atomic mass is 16.5. The Morgan fingerprint density at radius 2 is 2.09 bits per heavy atom. The molecule has 1 aliphatic carbocycles. The third-order valence-electron chi connectivity index (χ3n) is 4.26. The molecule has 4 nitrogen and oxygen atoms in total. The predicted octanol–water partition coefficient (Wildman–Crippen LogP) is 2.94. The van der Waals surface area contributed by atoms with Crippen LogP contribution in [0.5, 0.6) is 5.75 Å². The van der Waals surface area contributed by atoms with Gasteiger partial charge in [-0.05, 0) is 48.6 Å². The lowest BCUT2D eigenvalue weighted by Crippen LogP contribution is -2.30. The van der Waals surface area contributed by atoms with E-state index in [-0.39, 0.29) is 17.7 Å². The summed E-state index contributed by atoms with van der Waals surface area (Å²) in [6.45, 7) is 0.649. The van der Waals surface area contributed by atoms with E-state index in [0.717, 1.165) is 25.0 Å². The molecule has 1 N–H and O–H groups in total. The molecular weight excluding hydrogens is 288 g/mol. The van der Waals surface area contributed by atoms with Crippen molar-refractivity contribution >= 4 is 5.91 Å². The summed E-state index contributed by atoms with van der Waals surface area (Å²) in [7, 11) is 1.66. The molecule has 1 unspecified atom stereocenters. The minimum atomic E-state index is 0.190. The van der Waals surface area contributed by atoms with Crippen LogP contribution in [0.1, 0.15) is 29.9 Å². The second-order valence-electron chi connectivity index (χ2n) is 6.05. The van der Waals surface area contributed by atoms with E-state index in [0.29, 0.717) is 6.54 Å². The van der Waals surface area contributed by atoms with E-state index in [9.17, 15) is 4.79 Å². The van der Waals surface area contributed by atoms with Gasteiger partial charge >= 0.3 is 0 Å². The molecule has 1 saturated carbocycles. The molecule has 2 aromatic rings. The zero-order chi connectivity index (χ0) is 16.1. The number of nitrogens with zero attached hydrogens (tertiary/aromatic N) is 1. The van der Waals surface area contributed by atoms with Crippen LogP contribution in [0.4, 0.5) is 0 Å². The molecule has 23 heavy (non-hydrogen) atoms. The Hall–Kier alpha value is -2.36. The Balaban J connectivity index is 1.72. The number of methoxy groups -OCH3 is 1. The van der Waals surface area contributed by atoms with E-state index in [2.05, 4.69) is 28.5 Å². The molecule has 1 aromatic heterocycles. The van der Waals surface area contributed by atoms with E-state index in [4.69, 9.17) is 4.74 Å². The first-order chi connectivity index (χ1) is 11.3. The standard InChI is InChI=1S/C19H22N2O2/c1-23-18-8-6-15(7-9-18)17(11-14-3-2-10-20-12-14)13-21-19(22)16-4-5-16/h2-3,6-10,12,16-17H,4-5,11,13H2,1H3,(H,21,22). The van der Waals surface area contributed by atoms with Crippen LogP contribution in [0, 0.1) is 5.92 Å². The molecule has 1 atom stereocenters. The van der Waals surface area contributed by atoms with Crippen LogP contribution in [0.25, 0.3) is 0 Å². The summed E-state index contributed by atoms with van der Waals surface area (Å²) in [5.74, 6) is 1.50. The Morgan fingerprint density at radius 1 is 1.30 bits per heavy atom. The maximum atomic E-state index is 12.0. The molecule has 1 amide bonds. The molecule has 1 fully saturated rings. The van der Waals surface area contributed by atoms with Crippen LogP contribution in [0.3, 0.4) is 0 Å². The third kappa shape index (κ3) is 4.31. The number of amides is 1. The Bertz CT molecular complexity index is 636. The van der Waals surface area contributed by atoms with Gasteiger partial charge in [0.2, 0.25) is 5.91 Å². The predicted molar refractivity (Wildman–Crippen MR) is 89.4 cm³/mol. The molecule has 3 rings (SSSR count). The van der Waals surface area contributed by atoms with Crippen LogP contribution in [-0.2, 0) is 11.2 Å². The van der Waals surface area contributed by atoms with E-state index in [1.807, 2.05) is 24.4 Å². The van der Waals surface area contributed by atoms with Crippen molar-refractivity contribution in [2.45, 2.75) is 25.2 Å². The molecule has 0 bridgehead atoms. The lowest BCUT2D eigenvalue weighted by molar-refractivity contribution is -0.122. The van der Waals surface area contributed by atoms with Crippen LogP contribution in [0.15, 0.2) is 48.8 Å². The van der Waals surface area contributed by atoms with Gasteiger partial charge in [0.25, 0.3) is 0 Å². The van der Waals surface area contributed by atoms with Crippen molar-refractivity contribution in [3.05, 3.63) is 59.9 Å². The van der Waals surface area contributed by atoms with Crippen LogP contribution in [-0.4, -0.2) is 24.5 Å². The fourth-order valence-electron chi connectivity index (χ4n) is 2.70. The monoisotopic (exact) mass is 310 g/mol. The molecule has 120 valence electrons. The average molecular weight is 310 g/mol. The lowest BCUT2D eigenvalue weighted by Gasteiger charge is -2.18. The van der Waals surface area contributed by atoms with Gasteiger partial charge in [-0.2, -0.15) is 0 Å². The maximum Gasteiger partial charge on any atom is 0.223 e. The molecule has 1 heterocycles. The van der Waals surface area contributed by atoms with Gasteiger partial charge in [0.1, 0.15) is 5.75 Å². The highest BCUT2D eigenvalue weighted by Gasteiger charge is 2.29. The van der Waals surface area contributed by atoms with Crippen molar-refractivity contribution in [3.63, 3.8) is 0 Å². The van der Waals surface area contributed by atoms with Gasteiger partial charge in [0.15, 0.2) is 0 Å². The lowest BCUT2D eigenvalue weighted by atomic mass is 9.92. The van der Waals surface area contributed by atoms with Gasteiger partial charge in [-0.25, -0.2) is 0 Å².